The molecule has 0 N–H and O–H groups in total. The minimum absolute atomic E-state index is 0.408. The Hall–Kier alpha value is -1.71. The minimum atomic E-state index is 0.408. The van der Waals surface area contributed by atoms with E-state index < -0.39 is 0 Å². The van der Waals surface area contributed by atoms with Crippen LogP contribution in [-0.4, -0.2) is 21.0 Å². The van der Waals surface area contributed by atoms with Gasteiger partial charge in [-0.15, -0.1) is 0 Å². The van der Waals surface area contributed by atoms with Crippen LogP contribution in [0.5, 0.6) is 0 Å². The molecule has 15 heavy (non-hydrogen) atoms. The Morgan fingerprint density at radius 1 is 1.60 bits per heavy atom. The summed E-state index contributed by atoms with van der Waals surface area (Å²) in [6.45, 7) is 9.83. The van der Waals surface area contributed by atoms with Crippen molar-refractivity contribution in [2.75, 3.05) is 0 Å². The van der Waals surface area contributed by atoms with Gasteiger partial charge in [-0.2, -0.15) is 10.1 Å². The van der Waals surface area contributed by atoms with Gasteiger partial charge in [-0.3, -0.25) is 0 Å². The number of aromatic nitrogens is 3. The third kappa shape index (κ3) is 2.87. The maximum atomic E-state index is 4.10. The fourth-order valence-corrected chi connectivity index (χ4v) is 1.12. The SMILES string of the molecule is C=C/C(=C\n1ncnc1N=CC)C(C)C. The van der Waals surface area contributed by atoms with E-state index in [1.807, 2.05) is 19.2 Å². The third-order valence-corrected chi connectivity index (χ3v) is 1.97. The second-order valence-electron chi connectivity index (χ2n) is 3.38. The number of hydrogen-bond acceptors (Lipinski definition) is 3. The number of hydrogen-bond donors (Lipinski definition) is 0. The van der Waals surface area contributed by atoms with Gasteiger partial charge in [0.05, 0.1) is 0 Å². The Kier molecular flexibility index (Phi) is 3.97. The zero-order valence-electron chi connectivity index (χ0n) is 9.38. The summed E-state index contributed by atoms with van der Waals surface area (Å²) in [5, 5.41) is 4.07. The predicted octanol–water partition coefficient (Wildman–Crippen LogP) is 2.68. The maximum Gasteiger partial charge on any atom is 0.251 e. The molecule has 0 bridgehead atoms. The van der Waals surface area contributed by atoms with Crippen molar-refractivity contribution in [1.29, 1.82) is 0 Å². The molecule has 0 amide bonds. The molecule has 0 aliphatic rings. The second kappa shape index (κ2) is 5.24. The van der Waals surface area contributed by atoms with Crippen molar-refractivity contribution in [2.45, 2.75) is 20.8 Å². The van der Waals surface area contributed by atoms with E-state index in [1.165, 1.54) is 6.33 Å². The third-order valence-electron chi connectivity index (χ3n) is 1.97. The summed E-state index contributed by atoms with van der Waals surface area (Å²) in [7, 11) is 0. The lowest BCUT2D eigenvalue weighted by Crippen LogP contribution is -1.96. The Morgan fingerprint density at radius 2 is 2.33 bits per heavy atom. The molecule has 0 aromatic carbocycles. The van der Waals surface area contributed by atoms with Crippen molar-refractivity contribution >= 4 is 18.4 Å². The van der Waals surface area contributed by atoms with Crippen LogP contribution in [0.15, 0.2) is 29.5 Å². The summed E-state index contributed by atoms with van der Waals surface area (Å²) in [5.41, 5.74) is 1.10. The molecule has 4 heteroatoms. The maximum absolute atomic E-state index is 4.10. The summed E-state index contributed by atoms with van der Waals surface area (Å²) in [4.78, 5) is 8.13. The average Bonchev–Trinajstić information content (AvgIpc) is 2.62. The molecule has 0 aliphatic carbocycles. The van der Waals surface area contributed by atoms with E-state index in [0.29, 0.717) is 11.9 Å². The summed E-state index contributed by atoms with van der Waals surface area (Å²) in [6, 6.07) is 0. The molecule has 4 nitrogen and oxygen atoms in total. The van der Waals surface area contributed by atoms with Crippen molar-refractivity contribution in [1.82, 2.24) is 14.8 Å². The normalized spacial score (nSPS) is 12.7. The molecule has 0 saturated carbocycles. The van der Waals surface area contributed by atoms with Crippen LogP contribution in [0.4, 0.5) is 5.95 Å². The average molecular weight is 204 g/mol. The first-order chi connectivity index (χ1) is 7.19. The summed E-state index contributed by atoms with van der Waals surface area (Å²) < 4.78 is 1.65. The Morgan fingerprint density at radius 3 is 2.87 bits per heavy atom. The first-order valence-electron chi connectivity index (χ1n) is 4.91. The zero-order chi connectivity index (χ0) is 11.3. The summed E-state index contributed by atoms with van der Waals surface area (Å²) in [6.07, 6.45) is 6.90. The van der Waals surface area contributed by atoms with Crippen molar-refractivity contribution in [3.63, 3.8) is 0 Å². The van der Waals surface area contributed by atoms with Gasteiger partial charge in [0.2, 0.25) is 0 Å². The van der Waals surface area contributed by atoms with E-state index in [2.05, 4.69) is 35.5 Å². The van der Waals surface area contributed by atoms with Gasteiger partial charge in [-0.1, -0.05) is 26.5 Å². The highest BCUT2D eigenvalue weighted by molar-refractivity contribution is 5.58. The Labute approximate surface area is 90.1 Å². The molecule has 80 valence electrons. The van der Waals surface area contributed by atoms with E-state index in [-0.39, 0.29) is 0 Å². The first kappa shape index (κ1) is 11.4. The van der Waals surface area contributed by atoms with Gasteiger partial charge in [0.25, 0.3) is 5.95 Å². The largest absolute Gasteiger partial charge is 0.251 e. The van der Waals surface area contributed by atoms with E-state index in [0.717, 1.165) is 5.57 Å². The predicted molar refractivity (Wildman–Crippen MR) is 63.2 cm³/mol. The molecule has 0 aliphatic heterocycles. The Balaban J connectivity index is 3.05. The molecular formula is C11H16N4. The summed E-state index contributed by atoms with van der Waals surface area (Å²) >= 11 is 0. The molecule has 1 rings (SSSR count). The van der Waals surface area contributed by atoms with E-state index in [4.69, 9.17) is 0 Å². The van der Waals surface area contributed by atoms with Crippen molar-refractivity contribution < 1.29 is 0 Å². The molecule has 0 saturated heterocycles. The monoisotopic (exact) mass is 204 g/mol. The van der Waals surface area contributed by atoms with Crippen molar-refractivity contribution in [3.05, 3.63) is 24.6 Å². The number of aliphatic imine (C=N–C) groups is 1. The van der Waals surface area contributed by atoms with Crippen LogP contribution in [0, 0.1) is 5.92 Å². The van der Waals surface area contributed by atoms with Crippen LogP contribution >= 0.6 is 0 Å². The van der Waals surface area contributed by atoms with Crippen molar-refractivity contribution in [2.24, 2.45) is 10.9 Å². The molecule has 0 fully saturated rings. The van der Waals surface area contributed by atoms with Crippen LogP contribution in [0.1, 0.15) is 20.8 Å². The first-order valence-corrected chi connectivity index (χ1v) is 4.91. The molecule has 0 unspecified atom stereocenters. The molecule has 0 spiro atoms. The highest BCUT2D eigenvalue weighted by atomic mass is 15.4. The van der Waals surface area contributed by atoms with E-state index >= 15 is 0 Å². The lowest BCUT2D eigenvalue weighted by molar-refractivity contribution is 0.785. The van der Waals surface area contributed by atoms with Crippen LogP contribution in [0.2, 0.25) is 0 Å². The highest BCUT2D eigenvalue weighted by Crippen LogP contribution is 2.14. The number of nitrogens with zero attached hydrogens (tertiary/aromatic N) is 4. The van der Waals surface area contributed by atoms with E-state index in [1.54, 1.807) is 10.9 Å². The molecule has 1 heterocycles. The molecule has 0 atom stereocenters. The molecular weight excluding hydrogens is 188 g/mol. The van der Waals surface area contributed by atoms with Crippen LogP contribution in [-0.2, 0) is 0 Å². The second-order valence-corrected chi connectivity index (χ2v) is 3.38. The summed E-state index contributed by atoms with van der Waals surface area (Å²) in [5.74, 6) is 0.989. The molecule has 1 aromatic rings. The van der Waals surface area contributed by atoms with E-state index in [9.17, 15) is 0 Å². The van der Waals surface area contributed by atoms with Gasteiger partial charge in [0.15, 0.2) is 0 Å². The lowest BCUT2D eigenvalue weighted by Gasteiger charge is -2.05. The van der Waals surface area contributed by atoms with Gasteiger partial charge in [0, 0.05) is 12.4 Å². The minimum Gasteiger partial charge on any atom is -0.224 e. The topological polar surface area (TPSA) is 43.1 Å². The fourth-order valence-electron chi connectivity index (χ4n) is 1.12. The van der Waals surface area contributed by atoms with Crippen LogP contribution < -0.4 is 0 Å². The fraction of sp³-hybridized carbons (Fsp3) is 0.364. The van der Waals surface area contributed by atoms with Gasteiger partial charge in [0.1, 0.15) is 6.33 Å². The van der Waals surface area contributed by atoms with Gasteiger partial charge < -0.3 is 0 Å². The van der Waals surface area contributed by atoms with Crippen LogP contribution in [0.3, 0.4) is 0 Å². The zero-order valence-corrected chi connectivity index (χ0v) is 9.38. The lowest BCUT2D eigenvalue weighted by atomic mass is 10.1. The van der Waals surface area contributed by atoms with Crippen molar-refractivity contribution in [3.8, 4) is 0 Å². The number of allylic oxidation sites excluding steroid dienone is 2. The van der Waals surface area contributed by atoms with Gasteiger partial charge in [-0.25, -0.2) is 9.67 Å². The smallest absolute Gasteiger partial charge is 0.224 e. The highest BCUT2D eigenvalue weighted by Gasteiger charge is 2.02. The van der Waals surface area contributed by atoms with Crippen LogP contribution in [0.25, 0.3) is 6.20 Å². The standard InChI is InChI=1S/C11H16N4/c1-5-10(9(3)4)7-15-11(12-6-2)13-8-14-15/h5-9H,1H2,2-4H3/b10-7+,12-6?. The Bertz CT molecular complexity index is 385. The van der Waals surface area contributed by atoms with Gasteiger partial charge in [-0.05, 0) is 18.4 Å². The molecule has 0 radical (unpaired) electrons. The quantitative estimate of drug-likeness (QED) is 0.559. The molecule has 1 aromatic heterocycles. The van der Waals surface area contributed by atoms with Gasteiger partial charge >= 0.3 is 0 Å². The number of rotatable bonds is 4.